The minimum absolute atomic E-state index is 0.160. The van der Waals surface area contributed by atoms with Crippen LogP contribution in [0.15, 0.2) is 36.4 Å². The summed E-state index contributed by atoms with van der Waals surface area (Å²) in [6.07, 6.45) is 3.09. The second kappa shape index (κ2) is 8.89. The first kappa shape index (κ1) is 20.9. The number of carbonyl (C=O) groups excluding carboxylic acids is 1. The zero-order chi connectivity index (χ0) is 21.4. The van der Waals surface area contributed by atoms with Gasteiger partial charge in [-0.2, -0.15) is 0 Å². The lowest BCUT2D eigenvalue weighted by molar-refractivity contribution is -0.117. The van der Waals surface area contributed by atoms with E-state index in [9.17, 15) is 4.79 Å². The molecule has 2 aromatic carbocycles. The van der Waals surface area contributed by atoms with E-state index in [0.29, 0.717) is 22.6 Å². The van der Waals surface area contributed by atoms with Gasteiger partial charge in [-0.15, -0.1) is 0 Å². The van der Waals surface area contributed by atoms with E-state index in [0.717, 1.165) is 69.1 Å². The Morgan fingerprint density at radius 3 is 2.71 bits per heavy atom. The van der Waals surface area contributed by atoms with E-state index in [2.05, 4.69) is 21.2 Å². The number of unbranched alkanes of at least 4 members (excludes halogenated alkanes) is 1. The van der Waals surface area contributed by atoms with Gasteiger partial charge in [-0.1, -0.05) is 35.3 Å². The molecule has 2 aromatic rings. The zero-order valence-electron chi connectivity index (χ0n) is 17.4. The summed E-state index contributed by atoms with van der Waals surface area (Å²) in [5.74, 6) is 1.62. The molecule has 2 atom stereocenters. The maximum Gasteiger partial charge on any atom is 0.228 e. The number of hydrogen-bond donors (Lipinski definition) is 1. The number of nitrogens with one attached hydrogen (secondary N) is 1. The van der Waals surface area contributed by atoms with Gasteiger partial charge in [-0.25, -0.2) is 0 Å². The molecular weight excluding hydrogens is 433 g/mol. The molecule has 3 aliphatic rings. The Hall–Kier alpha value is -1.95. The normalized spacial score (nSPS) is 22.5. The Morgan fingerprint density at radius 2 is 1.87 bits per heavy atom. The van der Waals surface area contributed by atoms with Crippen LogP contribution in [0, 0.1) is 5.92 Å². The van der Waals surface area contributed by atoms with E-state index in [4.69, 9.17) is 27.9 Å². The van der Waals surface area contributed by atoms with E-state index in [1.54, 1.807) is 0 Å². The largest absolute Gasteiger partial charge is 0.494 e. The number of halogens is 2. The summed E-state index contributed by atoms with van der Waals surface area (Å²) in [6.45, 7) is 5.73. The number of nitrogens with zero attached hydrogens (tertiary/aromatic N) is 2. The standard InChI is InChI=1S/C24H27Cl2N3O2/c25-20-4-3-5-22(23(20)26)29-11-9-28(10-12-29)8-1-2-13-31-16-6-7-17-18-15-19(18)24(30)27-21(17)14-16/h3-7,14,18-19H,1-2,8-13,15H2,(H,27,30)/t18-,19-/m0/s1. The van der Waals surface area contributed by atoms with Crippen molar-refractivity contribution in [2.45, 2.75) is 25.2 Å². The smallest absolute Gasteiger partial charge is 0.228 e. The Kier molecular flexibility index (Phi) is 6.00. The van der Waals surface area contributed by atoms with Crippen molar-refractivity contribution in [3.63, 3.8) is 0 Å². The fourth-order valence-electron chi connectivity index (χ4n) is 4.69. The van der Waals surface area contributed by atoms with Crippen LogP contribution in [0.1, 0.15) is 30.7 Å². The number of fused-ring (bicyclic) bond motifs is 3. The van der Waals surface area contributed by atoms with Crippen LogP contribution < -0.4 is 15.0 Å². The molecule has 2 aliphatic heterocycles. The molecule has 164 valence electrons. The average Bonchev–Trinajstić information content (AvgIpc) is 3.58. The maximum atomic E-state index is 11.9. The van der Waals surface area contributed by atoms with Crippen molar-refractivity contribution in [3.05, 3.63) is 52.0 Å². The van der Waals surface area contributed by atoms with Gasteiger partial charge in [0.2, 0.25) is 5.91 Å². The lowest BCUT2D eigenvalue weighted by Crippen LogP contribution is -2.46. The molecule has 1 saturated carbocycles. The number of benzene rings is 2. The van der Waals surface area contributed by atoms with Crippen LogP contribution in [0.3, 0.4) is 0 Å². The van der Waals surface area contributed by atoms with Crippen molar-refractivity contribution >= 4 is 40.5 Å². The van der Waals surface area contributed by atoms with Gasteiger partial charge < -0.3 is 15.0 Å². The van der Waals surface area contributed by atoms with Crippen LogP contribution in [0.25, 0.3) is 0 Å². The van der Waals surface area contributed by atoms with Crippen LogP contribution >= 0.6 is 23.2 Å². The highest BCUT2D eigenvalue weighted by Crippen LogP contribution is 2.53. The van der Waals surface area contributed by atoms with Crippen LogP contribution in [-0.4, -0.2) is 50.1 Å². The summed E-state index contributed by atoms with van der Waals surface area (Å²) in [7, 11) is 0. The second-order valence-electron chi connectivity index (χ2n) is 8.64. The third kappa shape index (κ3) is 4.50. The number of hydrogen-bond acceptors (Lipinski definition) is 4. The van der Waals surface area contributed by atoms with E-state index in [1.165, 1.54) is 5.56 Å². The summed E-state index contributed by atoms with van der Waals surface area (Å²) >= 11 is 12.5. The number of piperazine rings is 1. The number of rotatable bonds is 7. The molecule has 31 heavy (non-hydrogen) atoms. The first-order valence-corrected chi connectivity index (χ1v) is 11.8. The molecule has 1 amide bonds. The fraction of sp³-hybridized carbons (Fsp3) is 0.458. The molecule has 5 rings (SSSR count). The van der Waals surface area contributed by atoms with Gasteiger partial charge in [0.1, 0.15) is 5.75 Å². The van der Waals surface area contributed by atoms with Gasteiger partial charge in [-0.3, -0.25) is 9.69 Å². The second-order valence-corrected chi connectivity index (χ2v) is 9.43. The van der Waals surface area contributed by atoms with Crippen molar-refractivity contribution in [2.24, 2.45) is 5.92 Å². The van der Waals surface area contributed by atoms with Crippen LogP contribution in [0.5, 0.6) is 5.75 Å². The lowest BCUT2D eigenvalue weighted by Gasteiger charge is -2.36. The first-order chi connectivity index (χ1) is 15.1. The van der Waals surface area contributed by atoms with Crippen molar-refractivity contribution < 1.29 is 9.53 Å². The Balaban J connectivity index is 1.02. The lowest BCUT2D eigenvalue weighted by atomic mass is 10.0. The number of carbonyl (C=O) groups is 1. The molecule has 1 aliphatic carbocycles. The highest BCUT2D eigenvalue weighted by Gasteiger charge is 2.48. The summed E-state index contributed by atoms with van der Waals surface area (Å²) in [5.41, 5.74) is 3.22. The van der Waals surface area contributed by atoms with Crippen molar-refractivity contribution in [2.75, 3.05) is 49.5 Å². The minimum Gasteiger partial charge on any atom is -0.494 e. The fourth-order valence-corrected chi connectivity index (χ4v) is 5.10. The quantitative estimate of drug-likeness (QED) is 0.589. The Labute approximate surface area is 193 Å². The number of ether oxygens (including phenoxy) is 1. The summed E-state index contributed by atoms with van der Waals surface area (Å²) in [5, 5.41) is 4.27. The third-order valence-corrected chi connectivity index (χ3v) is 7.40. The summed E-state index contributed by atoms with van der Waals surface area (Å²) in [6, 6.07) is 11.9. The molecule has 2 heterocycles. The van der Waals surface area contributed by atoms with Crippen molar-refractivity contribution in [1.29, 1.82) is 0 Å². The van der Waals surface area contributed by atoms with Gasteiger partial charge in [0, 0.05) is 43.9 Å². The maximum absolute atomic E-state index is 11.9. The first-order valence-electron chi connectivity index (χ1n) is 11.1. The highest BCUT2D eigenvalue weighted by atomic mass is 35.5. The van der Waals surface area contributed by atoms with Crippen LogP contribution in [0.2, 0.25) is 10.0 Å². The SMILES string of the molecule is O=C1Nc2cc(OCCCCN3CCN(c4cccc(Cl)c4Cl)CC3)ccc2[C@@H]2C[C@H]12. The minimum atomic E-state index is 0.160. The molecule has 0 unspecified atom stereocenters. The van der Waals surface area contributed by atoms with Crippen molar-refractivity contribution in [3.8, 4) is 5.75 Å². The Bertz CT molecular complexity index is 975. The molecule has 5 nitrogen and oxygen atoms in total. The molecular formula is C24H27Cl2N3O2. The van der Waals surface area contributed by atoms with Crippen molar-refractivity contribution in [1.82, 2.24) is 4.90 Å². The molecule has 0 bridgehead atoms. The van der Waals surface area contributed by atoms with Gasteiger partial charge >= 0.3 is 0 Å². The van der Waals surface area contributed by atoms with Gasteiger partial charge in [0.15, 0.2) is 0 Å². The van der Waals surface area contributed by atoms with Gasteiger partial charge in [-0.05, 0) is 55.5 Å². The van der Waals surface area contributed by atoms with Crippen LogP contribution in [0.4, 0.5) is 11.4 Å². The molecule has 1 N–H and O–H groups in total. The topological polar surface area (TPSA) is 44.8 Å². The summed E-state index contributed by atoms with van der Waals surface area (Å²) < 4.78 is 5.94. The Morgan fingerprint density at radius 1 is 1.03 bits per heavy atom. The molecule has 2 fully saturated rings. The van der Waals surface area contributed by atoms with E-state index >= 15 is 0 Å². The van der Waals surface area contributed by atoms with Gasteiger partial charge in [0.25, 0.3) is 0 Å². The van der Waals surface area contributed by atoms with Crippen LogP contribution in [-0.2, 0) is 4.79 Å². The van der Waals surface area contributed by atoms with E-state index in [-0.39, 0.29) is 11.8 Å². The molecule has 0 aromatic heterocycles. The number of amides is 1. The van der Waals surface area contributed by atoms with Gasteiger partial charge in [0.05, 0.1) is 22.3 Å². The zero-order valence-corrected chi connectivity index (χ0v) is 19.0. The van der Waals surface area contributed by atoms with E-state index in [1.807, 2.05) is 30.3 Å². The monoisotopic (exact) mass is 459 g/mol. The molecule has 0 spiro atoms. The molecule has 7 heteroatoms. The summed E-state index contributed by atoms with van der Waals surface area (Å²) in [4.78, 5) is 16.7. The number of anilines is 2. The molecule has 1 saturated heterocycles. The highest BCUT2D eigenvalue weighted by molar-refractivity contribution is 6.43. The predicted molar refractivity (Wildman–Crippen MR) is 126 cm³/mol. The predicted octanol–water partition coefficient (Wildman–Crippen LogP) is 5.03. The average molecular weight is 460 g/mol. The third-order valence-electron chi connectivity index (χ3n) is 6.59. The van der Waals surface area contributed by atoms with E-state index < -0.39 is 0 Å². The molecule has 0 radical (unpaired) electrons.